The van der Waals surface area contributed by atoms with Gasteiger partial charge in [0, 0.05) is 17.6 Å². The van der Waals surface area contributed by atoms with Crippen molar-refractivity contribution in [2.75, 3.05) is 10.6 Å². The number of benzene rings is 2. The summed E-state index contributed by atoms with van der Waals surface area (Å²) in [5.41, 5.74) is 3.13. The Hall–Kier alpha value is -4.79. The van der Waals surface area contributed by atoms with Crippen LogP contribution in [0, 0.1) is 5.82 Å². The summed E-state index contributed by atoms with van der Waals surface area (Å²) in [6.45, 7) is 0. The molecule has 3 heterocycles. The molecule has 0 saturated carbocycles. The highest BCUT2D eigenvalue weighted by Crippen LogP contribution is 2.30. The Morgan fingerprint density at radius 3 is 2.52 bits per heavy atom. The van der Waals surface area contributed by atoms with Crippen LogP contribution in [-0.4, -0.2) is 26.0 Å². The second kappa shape index (κ2) is 8.75. The van der Waals surface area contributed by atoms with Gasteiger partial charge in [0.05, 0.1) is 16.8 Å². The largest absolute Gasteiger partial charge is 0.438 e. The number of H-pyrrole nitrogens is 1. The van der Waals surface area contributed by atoms with Gasteiger partial charge in [-0.15, -0.1) is 0 Å². The molecule has 3 N–H and O–H groups in total. The molecule has 0 fully saturated rings. The van der Waals surface area contributed by atoms with Crippen molar-refractivity contribution in [3.63, 3.8) is 0 Å². The Bertz CT molecular complexity index is 1420. The number of rotatable bonds is 5. The number of aromatic nitrogens is 4. The van der Waals surface area contributed by atoms with Crippen LogP contribution in [0.4, 0.5) is 20.6 Å². The molecule has 0 aliphatic rings. The molecule has 0 spiro atoms. The van der Waals surface area contributed by atoms with E-state index in [1.807, 2.05) is 24.3 Å². The van der Waals surface area contributed by atoms with E-state index in [0.29, 0.717) is 28.7 Å². The predicted octanol–water partition coefficient (Wildman–Crippen LogP) is 5.60. The van der Waals surface area contributed by atoms with Crippen molar-refractivity contribution in [2.24, 2.45) is 0 Å². The molecular formula is C24H17FN6O2. The lowest BCUT2D eigenvalue weighted by Crippen LogP contribution is -2.19. The maximum Gasteiger partial charge on any atom is 0.323 e. The molecule has 0 unspecified atom stereocenters. The molecule has 0 saturated heterocycles. The molecule has 0 aliphatic carbocycles. The second-order valence-electron chi connectivity index (χ2n) is 7.06. The lowest BCUT2D eigenvalue weighted by molar-refractivity contribution is 0.262. The first-order chi connectivity index (χ1) is 16.1. The van der Waals surface area contributed by atoms with Gasteiger partial charge < -0.3 is 20.4 Å². The maximum atomic E-state index is 13.3. The summed E-state index contributed by atoms with van der Waals surface area (Å²) in [5.74, 6) is 0.498. The number of carbonyl (C=O) groups excluding carboxylic acids is 1. The quantitative estimate of drug-likeness (QED) is 0.330. The van der Waals surface area contributed by atoms with Crippen LogP contribution >= 0.6 is 0 Å². The predicted molar refractivity (Wildman–Crippen MR) is 123 cm³/mol. The minimum absolute atomic E-state index is 0.358. The number of pyridine rings is 1. The molecule has 9 heteroatoms. The number of nitrogens with zero attached hydrogens (tertiary/aromatic N) is 3. The van der Waals surface area contributed by atoms with Crippen molar-refractivity contribution in [3.05, 3.63) is 91.1 Å². The van der Waals surface area contributed by atoms with Crippen molar-refractivity contribution in [1.82, 2.24) is 19.9 Å². The van der Waals surface area contributed by atoms with E-state index in [1.54, 1.807) is 36.5 Å². The molecule has 3 aromatic heterocycles. The fourth-order valence-electron chi connectivity index (χ4n) is 3.24. The van der Waals surface area contributed by atoms with Crippen molar-refractivity contribution < 1.29 is 13.9 Å². The molecule has 0 aliphatic heterocycles. The summed E-state index contributed by atoms with van der Waals surface area (Å²) >= 11 is 0. The first kappa shape index (κ1) is 20.1. The molecule has 5 rings (SSSR count). The number of fused-ring (bicyclic) bond motifs is 1. The van der Waals surface area contributed by atoms with Crippen LogP contribution in [0.5, 0.6) is 11.6 Å². The van der Waals surface area contributed by atoms with Crippen molar-refractivity contribution in [3.8, 4) is 23.0 Å². The van der Waals surface area contributed by atoms with E-state index in [1.165, 1.54) is 24.5 Å². The molecule has 0 atom stereocenters. The fourth-order valence-corrected chi connectivity index (χ4v) is 3.24. The summed E-state index contributed by atoms with van der Waals surface area (Å²) in [6, 6.07) is 19.5. The summed E-state index contributed by atoms with van der Waals surface area (Å²) in [5, 5.41) is 5.98. The SMILES string of the molecule is O=C(Nc1ccc(Oc2ncnc3[nH]c(-c4ccccn4)cc23)cc1)Nc1cccc(F)c1. The Morgan fingerprint density at radius 1 is 0.879 bits per heavy atom. The van der Waals surface area contributed by atoms with Crippen molar-refractivity contribution in [1.29, 1.82) is 0 Å². The zero-order valence-electron chi connectivity index (χ0n) is 17.1. The summed E-state index contributed by atoms with van der Waals surface area (Å²) in [4.78, 5) is 28.2. The molecule has 0 bridgehead atoms. The van der Waals surface area contributed by atoms with Crippen molar-refractivity contribution >= 4 is 28.4 Å². The van der Waals surface area contributed by atoms with Gasteiger partial charge >= 0.3 is 6.03 Å². The lowest BCUT2D eigenvalue weighted by atomic mass is 10.2. The third-order valence-electron chi connectivity index (χ3n) is 4.74. The minimum atomic E-state index is -0.485. The minimum Gasteiger partial charge on any atom is -0.438 e. The van der Waals surface area contributed by atoms with Crippen LogP contribution in [0.25, 0.3) is 22.4 Å². The second-order valence-corrected chi connectivity index (χ2v) is 7.06. The van der Waals surface area contributed by atoms with E-state index in [-0.39, 0.29) is 0 Å². The van der Waals surface area contributed by atoms with Gasteiger partial charge in [-0.1, -0.05) is 12.1 Å². The monoisotopic (exact) mass is 440 g/mol. The van der Waals surface area contributed by atoms with Gasteiger partial charge in [-0.2, -0.15) is 0 Å². The van der Waals surface area contributed by atoms with Gasteiger partial charge in [0.15, 0.2) is 0 Å². The van der Waals surface area contributed by atoms with E-state index < -0.39 is 11.8 Å². The number of urea groups is 1. The number of aromatic amines is 1. The summed E-state index contributed by atoms with van der Waals surface area (Å²) in [6.07, 6.45) is 3.14. The number of carbonyl (C=O) groups is 1. The Labute approximate surface area is 187 Å². The van der Waals surface area contributed by atoms with Gasteiger partial charge in [0.2, 0.25) is 5.88 Å². The number of hydrogen-bond acceptors (Lipinski definition) is 5. The highest BCUT2D eigenvalue weighted by molar-refractivity contribution is 5.99. The fraction of sp³-hybridized carbons (Fsp3) is 0. The average Bonchev–Trinajstić information content (AvgIpc) is 3.26. The highest BCUT2D eigenvalue weighted by Gasteiger charge is 2.12. The van der Waals surface area contributed by atoms with Gasteiger partial charge in [-0.25, -0.2) is 19.2 Å². The topological polar surface area (TPSA) is 105 Å². The van der Waals surface area contributed by atoms with Gasteiger partial charge in [-0.05, 0) is 60.7 Å². The maximum absolute atomic E-state index is 13.3. The van der Waals surface area contributed by atoms with Gasteiger partial charge in [0.1, 0.15) is 23.5 Å². The van der Waals surface area contributed by atoms with Crippen LogP contribution in [-0.2, 0) is 0 Å². The summed E-state index contributed by atoms with van der Waals surface area (Å²) in [7, 11) is 0. The number of anilines is 2. The zero-order chi connectivity index (χ0) is 22.6. The van der Waals surface area contributed by atoms with Crippen LogP contribution < -0.4 is 15.4 Å². The summed E-state index contributed by atoms with van der Waals surface area (Å²) < 4.78 is 19.2. The standard InChI is InChI=1S/C24H17FN6O2/c25-15-4-3-5-17(12-15)30-24(32)29-16-7-9-18(10-8-16)33-23-19-13-21(20-6-1-2-11-26-20)31-22(19)27-14-28-23/h1-14H,(H,27,28,31)(H2,29,30,32). The number of nitrogens with one attached hydrogen (secondary N) is 3. The molecule has 162 valence electrons. The molecule has 8 nitrogen and oxygen atoms in total. The van der Waals surface area contributed by atoms with Gasteiger partial charge in [-0.3, -0.25) is 4.98 Å². The zero-order valence-corrected chi connectivity index (χ0v) is 17.1. The molecule has 0 radical (unpaired) electrons. The van der Waals surface area contributed by atoms with E-state index in [4.69, 9.17) is 4.74 Å². The number of halogens is 1. The number of hydrogen-bond donors (Lipinski definition) is 3. The van der Waals surface area contributed by atoms with E-state index in [2.05, 4.69) is 30.6 Å². The number of ether oxygens (including phenoxy) is 1. The Balaban J connectivity index is 1.29. The molecule has 33 heavy (non-hydrogen) atoms. The lowest BCUT2D eigenvalue weighted by Gasteiger charge is -2.09. The molecule has 5 aromatic rings. The molecule has 2 amide bonds. The van der Waals surface area contributed by atoms with E-state index in [0.717, 1.165) is 16.8 Å². The van der Waals surface area contributed by atoms with Crippen LogP contribution in [0.3, 0.4) is 0 Å². The van der Waals surface area contributed by atoms with E-state index >= 15 is 0 Å². The third-order valence-corrected chi connectivity index (χ3v) is 4.74. The normalized spacial score (nSPS) is 10.7. The van der Waals surface area contributed by atoms with Crippen molar-refractivity contribution in [2.45, 2.75) is 0 Å². The molecule has 2 aromatic carbocycles. The Morgan fingerprint density at radius 2 is 1.73 bits per heavy atom. The van der Waals surface area contributed by atoms with Crippen LogP contribution in [0.2, 0.25) is 0 Å². The van der Waals surface area contributed by atoms with E-state index in [9.17, 15) is 9.18 Å². The number of amides is 2. The van der Waals surface area contributed by atoms with Crippen LogP contribution in [0.15, 0.2) is 85.3 Å². The highest BCUT2D eigenvalue weighted by atomic mass is 19.1. The third kappa shape index (κ3) is 4.62. The Kier molecular flexibility index (Phi) is 5.34. The van der Waals surface area contributed by atoms with Gasteiger partial charge in [0.25, 0.3) is 0 Å². The first-order valence-electron chi connectivity index (χ1n) is 10.0. The van der Waals surface area contributed by atoms with Crippen LogP contribution in [0.1, 0.15) is 0 Å². The molecular weight excluding hydrogens is 423 g/mol. The first-order valence-corrected chi connectivity index (χ1v) is 10.0. The smallest absolute Gasteiger partial charge is 0.323 e. The average molecular weight is 440 g/mol.